The van der Waals surface area contributed by atoms with Crippen LogP contribution in [-0.4, -0.2) is 36.9 Å². The maximum absolute atomic E-state index is 12.8. The first-order chi connectivity index (χ1) is 15.0. The van der Waals surface area contributed by atoms with Crippen LogP contribution in [0.2, 0.25) is 0 Å². The predicted molar refractivity (Wildman–Crippen MR) is 123 cm³/mol. The van der Waals surface area contributed by atoms with Gasteiger partial charge in [0.05, 0.1) is 13.2 Å². The minimum Gasteiger partial charge on any atom is -0.494 e. The summed E-state index contributed by atoms with van der Waals surface area (Å²) in [6.45, 7) is 3.14. The molecule has 6 nitrogen and oxygen atoms in total. The summed E-state index contributed by atoms with van der Waals surface area (Å²) in [5, 5.41) is 5.91. The Balaban J connectivity index is 1.53. The zero-order valence-corrected chi connectivity index (χ0v) is 17.8. The van der Waals surface area contributed by atoms with Crippen LogP contribution >= 0.6 is 0 Å². The second-order valence-electron chi connectivity index (χ2n) is 7.09. The number of carbonyl (C=O) groups excluding carboxylic acids is 2. The highest BCUT2D eigenvalue weighted by Crippen LogP contribution is 2.16. The summed E-state index contributed by atoms with van der Waals surface area (Å²) >= 11 is 0. The average molecular weight is 418 g/mol. The number of hydrogen-bond acceptors (Lipinski definition) is 4. The zero-order chi connectivity index (χ0) is 22.1. The Bertz CT molecular complexity index is 1000. The molecule has 3 aromatic rings. The van der Waals surface area contributed by atoms with Crippen molar-refractivity contribution in [3.8, 4) is 5.75 Å². The quantitative estimate of drug-likeness (QED) is 0.541. The Morgan fingerprint density at radius 3 is 2.35 bits per heavy atom. The third-order valence-electron chi connectivity index (χ3n) is 4.62. The monoisotopic (exact) mass is 417 g/mol. The molecule has 0 aliphatic carbocycles. The van der Waals surface area contributed by atoms with Crippen LogP contribution in [0.25, 0.3) is 0 Å². The molecular formula is C25H27N3O3. The number of ether oxygens (including phenoxy) is 1. The molecule has 0 bridgehead atoms. The second kappa shape index (κ2) is 10.8. The van der Waals surface area contributed by atoms with Crippen LogP contribution in [-0.2, 0) is 11.3 Å². The van der Waals surface area contributed by atoms with E-state index in [1.165, 1.54) is 0 Å². The molecule has 0 spiro atoms. The fourth-order valence-electron chi connectivity index (χ4n) is 3.10. The van der Waals surface area contributed by atoms with Crippen LogP contribution < -0.4 is 15.4 Å². The smallest absolute Gasteiger partial charge is 0.253 e. The standard InChI is InChI=1S/C25H27N3O3/c1-3-31-23-14-12-21(13-15-23)27-24(29)17-26-22-11-7-10-20(16-22)25(30)28(2)18-19-8-5-4-6-9-19/h4-16,26H,3,17-18H2,1-2H3,(H,27,29). The average Bonchev–Trinajstić information content (AvgIpc) is 2.79. The Labute approximate surface area is 182 Å². The molecule has 160 valence electrons. The van der Waals surface area contributed by atoms with Gasteiger partial charge in [0.15, 0.2) is 0 Å². The fourth-order valence-corrected chi connectivity index (χ4v) is 3.10. The molecule has 31 heavy (non-hydrogen) atoms. The summed E-state index contributed by atoms with van der Waals surface area (Å²) in [5.74, 6) is 0.505. The van der Waals surface area contributed by atoms with E-state index in [0.717, 1.165) is 11.3 Å². The minimum atomic E-state index is -0.179. The van der Waals surface area contributed by atoms with Crippen LogP contribution in [0.1, 0.15) is 22.8 Å². The molecule has 0 aliphatic rings. The molecule has 0 radical (unpaired) electrons. The molecule has 0 saturated carbocycles. The predicted octanol–water partition coefficient (Wildman–Crippen LogP) is 4.41. The molecule has 0 heterocycles. The van der Waals surface area contributed by atoms with E-state index in [1.54, 1.807) is 42.3 Å². The summed E-state index contributed by atoms with van der Waals surface area (Å²) in [6, 6.07) is 24.2. The maximum Gasteiger partial charge on any atom is 0.253 e. The van der Waals surface area contributed by atoms with Crippen LogP contribution in [0.3, 0.4) is 0 Å². The number of benzene rings is 3. The minimum absolute atomic E-state index is 0.0775. The van der Waals surface area contributed by atoms with Gasteiger partial charge in [-0.15, -0.1) is 0 Å². The number of rotatable bonds is 9. The molecule has 6 heteroatoms. The molecule has 0 aliphatic heterocycles. The highest BCUT2D eigenvalue weighted by Gasteiger charge is 2.13. The molecule has 0 unspecified atom stereocenters. The Hall–Kier alpha value is -3.80. The number of carbonyl (C=O) groups is 2. The summed E-state index contributed by atoms with van der Waals surface area (Å²) in [5.41, 5.74) is 3.04. The van der Waals surface area contributed by atoms with Crippen molar-refractivity contribution in [2.75, 3.05) is 30.8 Å². The van der Waals surface area contributed by atoms with E-state index in [0.29, 0.717) is 30.1 Å². The first kappa shape index (κ1) is 21.9. The van der Waals surface area contributed by atoms with Crippen LogP contribution in [0.4, 0.5) is 11.4 Å². The molecule has 0 atom stereocenters. The lowest BCUT2D eigenvalue weighted by Crippen LogP contribution is -2.26. The van der Waals surface area contributed by atoms with Crippen molar-refractivity contribution in [3.05, 3.63) is 90.0 Å². The number of nitrogens with one attached hydrogen (secondary N) is 2. The Morgan fingerprint density at radius 2 is 1.65 bits per heavy atom. The van der Waals surface area contributed by atoms with Gasteiger partial charge in [0.2, 0.25) is 5.91 Å². The van der Waals surface area contributed by atoms with Crippen molar-refractivity contribution in [3.63, 3.8) is 0 Å². The normalized spacial score (nSPS) is 10.3. The summed E-state index contributed by atoms with van der Waals surface area (Å²) in [6.07, 6.45) is 0. The summed E-state index contributed by atoms with van der Waals surface area (Å²) in [4.78, 5) is 26.7. The van der Waals surface area contributed by atoms with Gasteiger partial charge in [-0.1, -0.05) is 36.4 Å². The van der Waals surface area contributed by atoms with Crippen LogP contribution in [0, 0.1) is 0 Å². The third-order valence-corrected chi connectivity index (χ3v) is 4.62. The lowest BCUT2D eigenvalue weighted by molar-refractivity contribution is -0.114. The lowest BCUT2D eigenvalue weighted by atomic mass is 10.1. The van der Waals surface area contributed by atoms with Crippen molar-refractivity contribution >= 4 is 23.2 Å². The van der Waals surface area contributed by atoms with Crippen molar-refractivity contribution in [2.45, 2.75) is 13.5 Å². The van der Waals surface area contributed by atoms with E-state index in [2.05, 4.69) is 10.6 Å². The Morgan fingerprint density at radius 1 is 0.903 bits per heavy atom. The van der Waals surface area contributed by atoms with Gasteiger partial charge < -0.3 is 20.3 Å². The molecule has 2 N–H and O–H groups in total. The fraction of sp³-hybridized carbons (Fsp3) is 0.200. The number of nitrogens with zero attached hydrogens (tertiary/aromatic N) is 1. The van der Waals surface area contributed by atoms with Crippen LogP contribution in [0.5, 0.6) is 5.75 Å². The topological polar surface area (TPSA) is 70.7 Å². The number of amides is 2. The van der Waals surface area contributed by atoms with E-state index in [1.807, 2.05) is 55.5 Å². The van der Waals surface area contributed by atoms with E-state index < -0.39 is 0 Å². The molecule has 3 aromatic carbocycles. The van der Waals surface area contributed by atoms with Crippen molar-refractivity contribution in [2.24, 2.45) is 0 Å². The van der Waals surface area contributed by atoms with Gasteiger partial charge in [-0.3, -0.25) is 9.59 Å². The third kappa shape index (κ3) is 6.60. The SMILES string of the molecule is CCOc1ccc(NC(=O)CNc2cccc(C(=O)N(C)Cc3ccccc3)c2)cc1. The van der Waals surface area contributed by atoms with E-state index in [9.17, 15) is 9.59 Å². The molecule has 3 rings (SSSR count). The maximum atomic E-state index is 12.8. The molecule has 2 amide bonds. The van der Waals surface area contributed by atoms with Gasteiger partial charge in [0.1, 0.15) is 5.75 Å². The van der Waals surface area contributed by atoms with Crippen molar-refractivity contribution < 1.29 is 14.3 Å². The molecular weight excluding hydrogens is 390 g/mol. The largest absolute Gasteiger partial charge is 0.494 e. The number of hydrogen-bond donors (Lipinski definition) is 2. The van der Waals surface area contributed by atoms with Gasteiger partial charge in [0, 0.05) is 30.5 Å². The van der Waals surface area contributed by atoms with Crippen molar-refractivity contribution in [1.82, 2.24) is 4.90 Å². The zero-order valence-electron chi connectivity index (χ0n) is 17.8. The first-order valence-corrected chi connectivity index (χ1v) is 10.2. The van der Waals surface area contributed by atoms with E-state index in [4.69, 9.17) is 4.74 Å². The van der Waals surface area contributed by atoms with Crippen molar-refractivity contribution in [1.29, 1.82) is 0 Å². The van der Waals surface area contributed by atoms with Gasteiger partial charge in [-0.25, -0.2) is 0 Å². The van der Waals surface area contributed by atoms with Gasteiger partial charge >= 0.3 is 0 Å². The van der Waals surface area contributed by atoms with Gasteiger partial charge in [-0.2, -0.15) is 0 Å². The van der Waals surface area contributed by atoms with Gasteiger partial charge in [-0.05, 0) is 55.0 Å². The van der Waals surface area contributed by atoms with E-state index in [-0.39, 0.29) is 18.4 Å². The molecule has 0 fully saturated rings. The molecule has 0 saturated heterocycles. The summed E-state index contributed by atoms with van der Waals surface area (Å²) in [7, 11) is 1.78. The van der Waals surface area contributed by atoms with Crippen LogP contribution in [0.15, 0.2) is 78.9 Å². The first-order valence-electron chi connectivity index (χ1n) is 10.2. The highest BCUT2D eigenvalue weighted by molar-refractivity contribution is 5.96. The van der Waals surface area contributed by atoms with E-state index >= 15 is 0 Å². The second-order valence-corrected chi connectivity index (χ2v) is 7.09. The number of anilines is 2. The molecule has 0 aromatic heterocycles. The lowest BCUT2D eigenvalue weighted by Gasteiger charge is -2.18. The Kier molecular flexibility index (Phi) is 7.65. The summed E-state index contributed by atoms with van der Waals surface area (Å²) < 4.78 is 5.40. The highest BCUT2D eigenvalue weighted by atomic mass is 16.5. The van der Waals surface area contributed by atoms with Gasteiger partial charge in [0.25, 0.3) is 5.91 Å².